The zero-order valence-corrected chi connectivity index (χ0v) is 11.9. The zero-order chi connectivity index (χ0) is 11.9. The first-order valence-electron chi connectivity index (χ1n) is 8.13. The molecule has 4 fully saturated rings. The Hall–Kier alpha value is 0. The minimum Gasteiger partial charge on any atom is -0.0648 e. The second-order valence-corrected chi connectivity index (χ2v) is 7.97. The van der Waals surface area contributed by atoms with Gasteiger partial charge in [0.1, 0.15) is 0 Å². The fourth-order valence-electron chi connectivity index (χ4n) is 7.76. The van der Waals surface area contributed by atoms with E-state index in [-0.39, 0.29) is 0 Å². The van der Waals surface area contributed by atoms with Crippen molar-refractivity contribution in [2.75, 3.05) is 0 Å². The maximum absolute atomic E-state index is 2.67. The Kier molecular flexibility index (Phi) is 1.88. The van der Waals surface area contributed by atoms with Crippen LogP contribution in [0.2, 0.25) is 0 Å². The topological polar surface area (TPSA) is 0 Å². The molecule has 0 bridgehead atoms. The van der Waals surface area contributed by atoms with E-state index in [4.69, 9.17) is 0 Å². The van der Waals surface area contributed by atoms with Crippen molar-refractivity contribution >= 4 is 0 Å². The van der Waals surface area contributed by atoms with E-state index in [1.165, 1.54) is 25.7 Å². The van der Waals surface area contributed by atoms with Gasteiger partial charge < -0.3 is 0 Å². The summed E-state index contributed by atoms with van der Waals surface area (Å²) in [7, 11) is 0. The minimum atomic E-state index is 0.772. The number of rotatable bonds is 1. The summed E-state index contributed by atoms with van der Waals surface area (Å²) in [6.45, 7) is 7.76. The number of hydrogen-bond donors (Lipinski definition) is 0. The van der Waals surface area contributed by atoms with Gasteiger partial charge >= 0.3 is 0 Å². The van der Waals surface area contributed by atoms with Crippen molar-refractivity contribution in [2.45, 2.75) is 72.1 Å². The molecule has 0 aliphatic heterocycles. The third-order valence-corrected chi connectivity index (χ3v) is 8.22. The fraction of sp³-hybridized carbons (Fsp3) is 1.00. The van der Waals surface area contributed by atoms with Crippen LogP contribution in [-0.4, -0.2) is 0 Å². The summed E-state index contributed by atoms with van der Waals surface area (Å²) in [5.41, 5.74) is 2.39. The van der Waals surface area contributed by atoms with Gasteiger partial charge in [-0.2, -0.15) is 0 Å². The van der Waals surface area contributed by atoms with Gasteiger partial charge in [-0.1, -0.05) is 40.0 Å². The molecule has 0 heteroatoms. The largest absolute Gasteiger partial charge is 0.0648 e. The van der Waals surface area contributed by atoms with Gasteiger partial charge in [-0.15, -0.1) is 0 Å². The molecule has 0 amide bonds. The Morgan fingerprint density at radius 2 is 1.94 bits per heavy atom. The molecule has 0 heterocycles. The minimum absolute atomic E-state index is 0.772. The Bertz CT molecular complexity index is 359. The van der Waals surface area contributed by atoms with Crippen molar-refractivity contribution in [3.05, 3.63) is 0 Å². The lowest BCUT2D eigenvalue weighted by atomic mass is 9.42. The molecule has 4 rings (SSSR count). The molecule has 17 heavy (non-hydrogen) atoms. The molecule has 6 unspecified atom stereocenters. The van der Waals surface area contributed by atoms with Gasteiger partial charge in [0.15, 0.2) is 0 Å². The summed E-state index contributed by atoms with van der Waals surface area (Å²) in [5.74, 6) is 3.28. The van der Waals surface area contributed by atoms with Crippen LogP contribution in [0.1, 0.15) is 72.1 Å². The second-order valence-electron chi connectivity index (χ2n) is 7.97. The normalized spacial score (nSPS) is 64.1. The summed E-state index contributed by atoms with van der Waals surface area (Å²) < 4.78 is 0. The molecule has 6 atom stereocenters. The molecule has 4 saturated carbocycles. The lowest BCUT2D eigenvalue weighted by molar-refractivity contribution is -0.138. The van der Waals surface area contributed by atoms with Crippen LogP contribution in [0.5, 0.6) is 0 Å². The average Bonchev–Trinajstić information content (AvgIpc) is 2.68. The van der Waals surface area contributed by atoms with E-state index in [9.17, 15) is 0 Å². The van der Waals surface area contributed by atoms with Crippen LogP contribution in [0.15, 0.2) is 0 Å². The van der Waals surface area contributed by atoms with Crippen LogP contribution in [-0.2, 0) is 0 Å². The van der Waals surface area contributed by atoms with E-state index in [1.807, 2.05) is 0 Å². The second kappa shape index (κ2) is 2.94. The van der Waals surface area contributed by atoms with Crippen LogP contribution >= 0.6 is 0 Å². The Morgan fingerprint density at radius 1 is 1.12 bits per heavy atom. The predicted octanol–water partition coefficient (Wildman–Crippen LogP) is 5.03. The summed E-state index contributed by atoms with van der Waals surface area (Å²) in [6.07, 6.45) is 12.3. The zero-order valence-electron chi connectivity index (χ0n) is 11.9. The standard InChI is InChI=1S/C17H28/c1-4-16-11-13-8-9-14-15(3,17(13,14)16)10-6-5-7-12(16)2/h12-14H,4-11H2,1-3H3. The van der Waals surface area contributed by atoms with Crippen LogP contribution in [0.4, 0.5) is 0 Å². The van der Waals surface area contributed by atoms with Crippen LogP contribution in [0.3, 0.4) is 0 Å². The SMILES string of the molecule is CCC12CC3CCC4C(C)(CCCCC1C)C342. The molecule has 96 valence electrons. The number of fused-ring (bicyclic) bond motifs is 1. The first kappa shape index (κ1) is 10.9. The molecule has 0 aromatic heterocycles. The van der Waals surface area contributed by atoms with Gasteiger partial charge in [-0.25, -0.2) is 0 Å². The summed E-state index contributed by atoms with van der Waals surface area (Å²) in [4.78, 5) is 0. The van der Waals surface area contributed by atoms with E-state index >= 15 is 0 Å². The van der Waals surface area contributed by atoms with Gasteiger partial charge in [0.05, 0.1) is 0 Å². The van der Waals surface area contributed by atoms with Gasteiger partial charge in [-0.05, 0) is 66.1 Å². The van der Waals surface area contributed by atoms with Crippen molar-refractivity contribution in [2.24, 2.45) is 34.0 Å². The molecule has 0 nitrogen and oxygen atoms in total. The highest BCUT2D eigenvalue weighted by molar-refractivity contribution is 5.36. The third-order valence-electron chi connectivity index (χ3n) is 8.22. The molecule has 0 aromatic rings. The van der Waals surface area contributed by atoms with E-state index in [0.29, 0.717) is 0 Å². The number of hydrogen-bond acceptors (Lipinski definition) is 0. The molecular formula is C17H28. The molecule has 1 spiro atoms. The summed E-state index contributed by atoms with van der Waals surface area (Å²) in [6, 6.07) is 0. The van der Waals surface area contributed by atoms with E-state index in [2.05, 4.69) is 20.8 Å². The third kappa shape index (κ3) is 0.843. The Balaban J connectivity index is 1.82. The van der Waals surface area contributed by atoms with Gasteiger partial charge in [0.2, 0.25) is 0 Å². The van der Waals surface area contributed by atoms with Crippen molar-refractivity contribution in [1.29, 1.82) is 0 Å². The summed E-state index contributed by atoms with van der Waals surface area (Å²) in [5, 5.41) is 0. The molecule has 0 N–H and O–H groups in total. The molecular weight excluding hydrogens is 204 g/mol. The maximum Gasteiger partial charge on any atom is -0.0120 e. The smallest absolute Gasteiger partial charge is 0.0120 e. The molecule has 4 aliphatic rings. The van der Waals surface area contributed by atoms with Crippen LogP contribution in [0.25, 0.3) is 0 Å². The first-order valence-corrected chi connectivity index (χ1v) is 8.13. The van der Waals surface area contributed by atoms with Crippen molar-refractivity contribution in [3.8, 4) is 0 Å². The van der Waals surface area contributed by atoms with E-state index in [1.54, 1.807) is 25.7 Å². The monoisotopic (exact) mass is 232 g/mol. The molecule has 4 aliphatic carbocycles. The molecule has 0 radical (unpaired) electrons. The van der Waals surface area contributed by atoms with Gasteiger partial charge in [0, 0.05) is 0 Å². The molecule has 0 aromatic carbocycles. The fourth-order valence-corrected chi connectivity index (χ4v) is 7.76. The quantitative estimate of drug-likeness (QED) is 0.595. The lowest BCUT2D eigenvalue weighted by Gasteiger charge is -2.62. The van der Waals surface area contributed by atoms with Crippen LogP contribution < -0.4 is 0 Å². The molecule has 0 saturated heterocycles. The van der Waals surface area contributed by atoms with E-state index < -0.39 is 0 Å². The van der Waals surface area contributed by atoms with Crippen LogP contribution in [0, 0.1) is 34.0 Å². The average molecular weight is 232 g/mol. The first-order chi connectivity index (χ1) is 8.13. The van der Waals surface area contributed by atoms with Crippen molar-refractivity contribution in [3.63, 3.8) is 0 Å². The summed E-state index contributed by atoms with van der Waals surface area (Å²) >= 11 is 0. The Labute approximate surface area is 107 Å². The Morgan fingerprint density at radius 3 is 2.71 bits per heavy atom. The van der Waals surface area contributed by atoms with Crippen molar-refractivity contribution in [1.82, 2.24) is 0 Å². The van der Waals surface area contributed by atoms with Crippen molar-refractivity contribution < 1.29 is 0 Å². The van der Waals surface area contributed by atoms with Gasteiger partial charge in [0.25, 0.3) is 0 Å². The highest BCUT2D eigenvalue weighted by Gasteiger charge is 2.89. The maximum atomic E-state index is 2.67. The van der Waals surface area contributed by atoms with E-state index in [0.717, 1.165) is 34.0 Å². The highest BCUT2D eigenvalue weighted by Crippen LogP contribution is 2.94. The highest BCUT2D eigenvalue weighted by atomic mass is 14.9. The predicted molar refractivity (Wildman–Crippen MR) is 71.7 cm³/mol. The van der Waals surface area contributed by atoms with Gasteiger partial charge in [-0.3, -0.25) is 0 Å². The lowest BCUT2D eigenvalue weighted by Crippen LogP contribution is -2.55.